The molecule has 0 bridgehead atoms. The van der Waals surface area contributed by atoms with E-state index in [1.54, 1.807) is 6.20 Å². The molecule has 6 heteroatoms. The van der Waals surface area contributed by atoms with E-state index in [-0.39, 0.29) is 6.04 Å². The Morgan fingerprint density at radius 1 is 1.33 bits per heavy atom. The summed E-state index contributed by atoms with van der Waals surface area (Å²) in [6, 6.07) is 11.3. The molecule has 0 spiro atoms. The highest BCUT2D eigenvalue weighted by molar-refractivity contribution is 5.80. The third-order valence-corrected chi connectivity index (χ3v) is 5.42. The first-order valence-electron chi connectivity index (χ1n) is 9.95. The van der Waals surface area contributed by atoms with Gasteiger partial charge in [-0.25, -0.2) is 4.68 Å². The van der Waals surface area contributed by atoms with E-state index in [0.717, 1.165) is 30.8 Å². The number of aromatic nitrogens is 2. The monoisotopic (exact) mass is 368 g/mol. The molecular formula is C21H32N6. The quantitative estimate of drug-likeness (QED) is 0.583. The molecule has 1 heterocycles. The molecule has 1 aliphatic carbocycles. The second-order valence-electron chi connectivity index (χ2n) is 7.33. The van der Waals surface area contributed by atoms with Gasteiger partial charge in [0, 0.05) is 38.6 Å². The summed E-state index contributed by atoms with van der Waals surface area (Å²) in [6.45, 7) is 4.08. The normalized spacial score (nSPS) is 16.7. The van der Waals surface area contributed by atoms with Crippen LogP contribution in [-0.2, 0) is 0 Å². The second-order valence-corrected chi connectivity index (χ2v) is 7.33. The van der Waals surface area contributed by atoms with Crippen LogP contribution in [0.1, 0.15) is 44.2 Å². The second kappa shape index (κ2) is 9.55. The Morgan fingerprint density at radius 2 is 2.15 bits per heavy atom. The van der Waals surface area contributed by atoms with Gasteiger partial charge in [-0.1, -0.05) is 25.0 Å². The number of aliphatic imine (C=N–C) groups is 1. The van der Waals surface area contributed by atoms with Gasteiger partial charge in [0.1, 0.15) is 0 Å². The number of hydrogen-bond acceptors (Lipinski definition) is 3. The minimum absolute atomic E-state index is 0.152. The third kappa shape index (κ3) is 5.32. The van der Waals surface area contributed by atoms with Crippen LogP contribution < -0.4 is 10.6 Å². The molecule has 27 heavy (non-hydrogen) atoms. The molecule has 1 aromatic carbocycles. The summed E-state index contributed by atoms with van der Waals surface area (Å²) in [5.74, 6) is 0.840. The summed E-state index contributed by atoms with van der Waals surface area (Å²) in [7, 11) is 4.06. The summed E-state index contributed by atoms with van der Waals surface area (Å²) >= 11 is 0. The smallest absolute Gasteiger partial charge is 0.191 e. The Kier molecular flexibility index (Phi) is 6.87. The number of nitrogens with zero attached hydrogens (tertiary/aromatic N) is 4. The van der Waals surface area contributed by atoms with E-state index >= 15 is 0 Å². The van der Waals surface area contributed by atoms with Gasteiger partial charge in [0.2, 0.25) is 0 Å². The topological polar surface area (TPSA) is 57.5 Å². The first-order valence-corrected chi connectivity index (χ1v) is 9.95. The van der Waals surface area contributed by atoms with Crippen molar-refractivity contribution in [2.75, 3.05) is 27.2 Å². The third-order valence-electron chi connectivity index (χ3n) is 5.42. The fourth-order valence-corrected chi connectivity index (χ4v) is 3.72. The van der Waals surface area contributed by atoms with Crippen molar-refractivity contribution in [1.82, 2.24) is 25.3 Å². The standard InChI is InChI=1S/C21H32N6/c1-17(18-8-6-11-20(16-18)27-14-7-12-24-27)25-21(22-2)23-13-15-26(3)19-9-4-5-10-19/h6-8,11-12,14,16-17,19H,4-5,9-10,13,15H2,1-3H3,(H2,22,23,25). The maximum absolute atomic E-state index is 4.38. The lowest BCUT2D eigenvalue weighted by molar-refractivity contribution is 0.249. The molecule has 1 atom stereocenters. The molecule has 1 saturated carbocycles. The van der Waals surface area contributed by atoms with E-state index in [2.05, 4.69) is 63.9 Å². The maximum Gasteiger partial charge on any atom is 0.191 e. The van der Waals surface area contributed by atoms with Gasteiger partial charge in [0.15, 0.2) is 5.96 Å². The Hall–Kier alpha value is -2.34. The van der Waals surface area contributed by atoms with E-state index in [9.17, 15) is 0 Å². The summed E-state index contributed by atoms with van der Waals surface area (Å²) in [6.07, 6.45) is 9.18. The minimum atomic E-state index is 0.152. The largest absolute Gasteiger partial charge is 0.355 e. The van der Waals surface area contributed by atoms with Crippen molar-refractivity contribution in [3.05, 3.63) is 48.3 Å². The summed E-state index contributed by atoms with van der Waals surface area (Å²) in [4.78, 5) is 6.86. The average Bonchev–Trinajstić information content (AvgIpc) is 3.41. The van der Waals surface area contributed by atoms with E-state index in [4.69, 9.17) is 0 Å². The number of hydrogen-bond donors (Lipinski definition) is 2. The average molecular weight is 369 g/mol. The van der Waals surface area contributed by atoms with Crippen molar-refractivity contribution in [3.63, 3.8) is 0 Å². The molecule has 6 nitrogen and oxygen atoms in total. The molecule has 0 amide bonds. The van der Waals surface area contributed by atoms with E-state index in [1.165, 1.54) is 31.2 Å². The van der Waals surface area contributed by atoms with Gasteiger partial charge in [-0.15, -0.1) is 0 Å². The Morgan fingerprint density at radius 3 is 2.85 bits per heavy atom. The van der Waals surface area contributed by atoms with Gasteiger partial charge in [0.25, 0.3) is 0 Å². The van der Waals surface area contributed by atoms with Crippen LogP contribution in [0.2, 0.25) is 0 Å². The van der Waals surface area contributed by atoms with Crippen LogP contribution in [0, 0.1) is 0 Å². The molecular weight excluding hydrogens is 336 g/mol. The predicted octanol–water partition coefficient (Wildman–Crippen LogP) is 2.97. The van der Waals surface area contributed by atoms with Crippen molar-refractivity contribution >= 4 is 5.96 Å². The van der Waals surface area contributed by atoms with Crippen molar-refractivity contribution in [1.29, 1.82) is 0 Å². The lowest BCUT2D eigenvalue weighted by Crippen LogP contribution is -2.43. The molecule has 3 rings (SSSR count). The molecule has 1 fully saturated rings. The number of rotatable bonds is 7. The zero-order valence-electron chi connectivity index (χ0n) is 16.7. The number of guanidine groups is 1. The van der Waals surface area contributed by atoms with Gasteiger partial charge in [-0.2, -0.15) is 5.10 Å². The van der Waals surface area contributed by atoms with Crippen molar-refractivity contribution in [2.45, 2.75) is 44.7 Å². The highest BCUT2D eigenvalue weighted by atomic mass is 15.3. The lowest BCUT2D eigenvalue weighted by atomic mass is 10.1. The fraction of sp³-hybridized carbons (Fsp3) is 0.524. The minimum Gasteiger partial charge on any atom is -0.355 e. The SMILES string of the molecule is CN=C(NCCN(C)C1CCCC1)NC(C)c1cccc(-n2cccn2)c1. The maximum atomic E-state index is 4.38. The molecule has 0 radical (unpaired) electrons. The van der Waals surface area contributed by atoms with Gasteiger partial charge < -0.3 is 15.5 Å². The van der Waals surface area contributed by atoms with Crippen LogP contribution in [-0.4, -0.2) is 53.9 Å². The highest BCUT2D eigenvalue weighted by Gasteiger charge is 2.19. The predicted molar refractivity (Wildman–Crippen MR) is 111 cm³/mol. The Bertz CT molecular complexity index is 718. The molecule has 1 aromatic heterocycles. The number of benzene rings is 1. The first kappa shape index (κ1) is 19.4. The van der Waals surface area contributed by atoms with Crippen molar-refractivity contribution in [3.8, 4) is 5.69 Å². The summed E-state index contributed by atoms with van der Waals surface area (Å²) < 4.78 is 1.88. The summed E-state index contributed by atoms with van der Waals surface area (Å²) in [5, 5.41) is 11.2. The molecule has 2 aromatic rings. The van der Waals surface area contributed by atoms with Gasteiger partial charge >= 0.3 is 0 Å². The van der Waals surface area contributed by atoms with Gasteiger partial charge in [-0.05, 0) is 50.6 Å². The van der Waals surface area contributed by atoms with Crippen LogP contribution in [0.25, 0.3) is 5.69 Å². The Labute approximate surface area is 162 Å². The molecule has 1 aliphatic rings. The molecule has 146 valence electrons. The molecule has 0 aliphatic heterocycles. The molecule has 0 saturated heterocycles. The summed E-state index contributed by atoms with van der Waals surface area (Å²) in [5.41, 5.74) is 2.27. The first-order chi connectivity index (χ1) is 13.2. The van der Waals surface area contributed by atoms with Gasteiger partial charge in [-0.3, -0.25) is 4.99 Å². The van der Waals surface area contributed by atoms with Gasteiger partial charge in [0.05, 0.1) is 11.7 Å². The van der Waals surface area contributed by atoms with E-state index < -0.39 is 0 Å². The number of likely N-dealkylation sites (N-methyl/N-ethyl adjacent to an activating group) is 1. The van der Waals surface area contributed by atoms with Crippen LogP contribution in [0.3, 0.4) is 0 Å². The van der Waals surface area contributed by atoms with Crippen molar-refractivity contribution in [2.24, 2.45) is 4.99 Å². The molecule has 2 N–H and O–H groups in total. The van der Waals surface area contributed by atoms with Crippen LogP contribution in [0.15, 0.2) is 47.7 Å². The fourth-order valence-electron chi connectivity index (χ4n) is 3.72. The van der Waals surface area contributed by atoms with E-state index in [1.807, 2.05) is 24.0 Å². The number of nitrogens with one attached hydrogen (secondary N) is 2. The van der Waals surface area contributed by atoms with E-state index in [0.29, 0.717) is 0 Å². The highest BCUT2D eigenvalue weighted by Crippen LogP contribution is 2.21. The zero-order chi connectivity index (χ0) is 19.1. The Balaban J connectivity index is 1.51. The van der Waals surface area contributed by atoms with Crippen LogP contribution in [0.4, 0.5) is 0 Å². The lowest BCUT2D eigenvalue weighted by Gasteiger charge is -2.25. The van der Waals surface area contributed by atoms with Crippen LogP contribution >= 0.6 is 0 Å². The van der Waals surface area contributed by atoms with Crippen LogP contribution in [0.5, 0.6) is 0 Å². The molecule has 1 unspecified atom stereocenters. The van der Waals surface area contributed by atoms with Crippen molar-refractivity contribution < 1.29 is 0 Å². The zero-order valence-corrected chi connectivity index (χ0v) is 16.7.